The van der Waals surface area contributed by atoms with Gasteiger partial charge >= 0.3 is 17.9 Å². The molecule has 3 atom stereocenters. The van der Waals surface area contributed by atoms with Crippen molar-refractivity contribution in [3.8, 4) is 51.0 Å². The van der Waals surface area contributed by atoms with Crippen LogP contribution in [0.2, 0.25) is 0 Å². The van der Waals surface area contributed by atoms with Crippen molar-refractivity contribution >= 4 is 87.9 Å². The van der Waals surface area contributed by atoms with E-state index in [9.17, 15) is 29.4 Å². The van der Waals surface area contributed by atoms with Gasteiger partial charge in [-0.05, 0) is 262 Å². The molecular formula is C74H75Br4N3O12. The van der Waals surface area contributed by atoms with E-state index in [1.807, 2.05) is 94.7 Å². The number of ether oxygens (including phenoxy) is 5. The highest BCUT2D eigenvalue weighted by Gasteiger charge is 2.30. The summed E-state index contributed by atoms with van der Waals surface area (Å²) in [7, 11) is 1.64. The second kappa shape index (κ2) is 35.2. The Balaban J connectivity index is 0.000000203. The molecule has 486 valence electrons. The van der Waals surface area contributed by atoms with E-state index >= 15 is 0 Å². The lowest BCUT2D eigenvalue weighted by atomic mass is 10.0. The van der Waals surface area contributed by atoms with Crippen molar-refractivity contribution in [1.29, 1.82) is 0 Å². The number of aliphatic carboxylic acids is 3. The molecule has 3 aliphatic rings. The minimum absolute atomic E-state index is 0.279. The summed E-state index contributed by atoms with van der Waals surface area (Å²) < 4.78 is 32.9. The average molecular weight is 1520 g/mol. The zero-order valence-corrected chi connectivity index (χ0v) is 58.0. The summed E-state index contributed by atoms with van der Waals surface area (Å²) >= 11 is 14.3. The van der Waals surface area contributed by atoms with Crippen LogP contribution in [0.1, 0.15) is 102 Å². The first-order valence-electron chi connectivity index (χ1n) is 31.0. The number of nitrogens with zero attached hydrogens (tertiary/aromatic N) is 2. The third kappa shape index (κ3) is 20.8. The molecule has 11 rings (SSSR count). The van der Waals surface area contributed by atoms with Crippen molar-refractivity contribution in [2.24, 2.45) is 0 Å². The first kappa shape index (κ1) is 70.0. The molecule has 3 aliphatic heterocycles. The maximum absolute atomic E-state index is 11.7. The fourth-order valence-corrected chi connectivity index (χ4v) is 13.5. The monoisotopic (exact) mass is 1510 g/mol. The number of hydrogen-bond acceptors (Lipinski definition) is 12. The van der Waals surface area contributed by atoms with Crippen LogP contribution >= 0.6 is 63.7 Å². The average Bonchev–Trinajstić information content (AvgIpc) is 2.07. The first-order chi connectivity index (χ1) is 45.1. The summed E-state index contributed by atoms with van der Waals surface area (Å²) in [6.45, 7) is 5.32. The van der Waals surface area contributed by atoms with Gasteiger partial charge in [-0.25, -0.2) is 0 Å². The molecule has 4 N–H and O–H groups in total. The number of carboxylic acid groups (broad SMARTS) is 3. The SMILES string of the molecule is COc1ccc(OCc2cccc(-c3cccc(COc4ccc(C=O)cc4Br)c3)c2)c(Br)c1.O=C(O)[C@@H]1CCCCN1.O=C(O)[C@@H]1CCCCN1Cc1ccc(OCc2cccc(-c3cccc(COc4ccc(CN5CCCC[C@H]5C(=O)O)cc4Br)c3)c2)c(Br)c1. The quantitative estimate of drug-likeness (QED) is 0.0442. The zero-order valence-electron chi connectivity index (χ0n) is 51.6. The van der Waals surface area contributed by atoms with E-state index < -0.39 is 30.0 Å². The van der Waals surface area contributed by atoms with Gasteiger partial charge in [0.2, 0.25) is 0 Å². The zero-order chi connectivity index (χ0) is 65.6. The maximum atomic E-state index is 11.7. The van der Waals surface area contributed by atoms with Gasteiger partial charge in [0, 0.05) is 18.7 Å². The van der Waals surface area contributed by atoms with Crippen LogP contribution in [-0.4, -0.2) is 94.2 Å². The highest BCUT2D eigenvalue weighted by atomic mass is 79.9. The lowest BCUT2D eigenvalue weighted by Crippen LogP contribution is -2.43. The molecule has 0 aliphatic carbocycles. The molecule has 0 bridgehead atoms. The number of halogens is 4. The topological polar surface area (TPSA) is 194 Å². The van der Waals surface area contributed by atoms with Crippen molar-refractivity contribution in [1.82, 2.24) is 15.1 Å². The third-order valence-corrected chi connectivity index (χ3v) is 18.8. The number of hydrogen-bond donors (Lipinski definition) is 4. The minimum atomic E-state index is -0.746. The molecule has 0 unspecified atom stereocenters. The molecule has 0 spiro atoms. The summed E-state index contributed by atoms with van der Waals surface area (Å²) in [5.74, 6) is 1.50. The van der Waals surface area contributed by atoms with Crippen LogP contribution in [-0.2, 0) is 53.9 Å². The van der Waals surface area contributed by atoms with Gasteiger partial charge in [-0.3, -0.25) is 29.0 Å². The van der Waals surface area contributed by atoms with E-state index in [0.29, 0.717) is 63.7 Å². The second-order valence-electron chi connectivity index (χ2n) is 23.1. The van der Waals surface area contributed by atoms with E-state index in [4.69, 9.17) is 28.8 Å². The molecule has 8 aromatic carbocycles. The van der Waals surface area contributed by atoms with Crippen molar-refractivity contribution in [3.05, 3.63) is 227 Å². The van der Waals surface area contributed by atoms with Crippen LogP contribution in [0.3, 0.4) is 0 Å². The van der Waals surface area contributed by atoms with E-state index in [0.717, 1.165) is 167 Å². The Kier molecular flexibility index (Phi) is 26.5. The van der Waals surface area contributed by atoms with E-state index in [-0.39, 0.29) is 6.04 Å². The third-order valence-electron chi connectivity index (χ3n) is 16.4. The highest BCUT2D eigenvalue weighted by Crippen LogP contribution is 2.34. The Hall–Kier alpha value is -7.36. The van der Waals surface area contributed by atoms with Crippen molar-refractivity contribution in [2.45, 2.75) is 115 Å². The molecular weight excluding hydrogens is 1440 g/mol. The van der Waals surface area contributed by atoms with Gasteiger partial charge in [0.15, 0.2) is 0 Å². The Bertz CT molecular complexity index is 3710. The molecule has 3 fully saturated rings. The summed E-state index contributed by atoms with van der Waals surface area (Å²) in [5.41, 5.74) is 11.3. The Morgan fingerprint density at radius 3 is 1.17 bits per heavy atom. The molecule has 8 aromatic rings. The second-order valence-corrected chi connectivity index (χ2v) is 26.5. The largest absolute Gasteiger partial charge is 0.497 e. The Morgan fingerprint density at radius 1 is 0.452 bits per heavy atom. The number of carbonyl (C=O) groups excluding carboxylic acids is 1. The first-order valence-corrected chi connectivity index (χ1v) is 34.2. The predicted octanol–water partition coefficient (Wildman–Crippen LogP) is 17.0. The fourth-order valence-electron chi connectivity index (χ4n) is 11.4. The van der Waals surface area contributed by atoms with Gasteiger partial charge in [0.05, 0.1) is 25.0 Å². The van der Waals surface area contributed by atoms with Gasteiger partial charge in [-0.1, -0.05) is 104 Å². The van der Waals surface area contributed by atoms with Crippen LogP contribution in [0.25, 0.3) is 22.3 Å². The summed E-state index contributed by atoms with van der Waals surface area (Å²) in [6.07, 6.45) is 9.11. The minimum Gasteiger partial charge on any atom is -0.497 e. The van der Waals surface area contributed by atoms with Crippen LogP contribution in [0, 0.1) is 0 Å². The number of rotatable bonds is 23. The van der Waals surface area contributed by atoms with E-state index in [1.54, 1.807) is 25.3 Å². The summed E-state index contributed by atoms with van der Waals surface area (Å²) in [4.78, 5) is 48.7. The van der Waals surface area contributed by atoms with Crippen LogP contribution < -0.4 is 29.0 Å². The molecule has 3 heterocycles. The van der Waals surface area contributed by atoms with E-state index in [2.05, 4.69) is 136 Å². The predicted molar refractivity (Wildman–Crippen MR) is 374 cm³/mol. The normalized spacial score (nSPS) is 16.5. The van der Waals surface area contributed by atoms with Crippen LogP contribution in [0.5, 0.6) is 28.7 Å². The molecule has 15 nitrogen and oxygen atoms in total. The van der Waals surface area contributed by atoms with Crippen molar-refractivity contribution in [3.63, 3.8) is 0 Å². The standard InChI is InChI=1S/C40H42Br2N2O6.C28H22Br2O4.C6H11NO2/c41-33-21-27(23-43-17-3-1-11-35(43)39(45)46)13-15-37(33)49-25-29-7-5-9-31(19-29)32-10-6-8-30(20-32)26-50-38-16-14-28(22-34(38)42)24-44-18-4-2-12-36(44)40(47)48;1-32-24-9-11-28(26(30)15-24)34-18-21-5-3-7-23(13-21)22-6-2-4-20(12-22)17-33-27-10-8-19(16-31)14-25(27)29;8-6(9)5-3-1-2-4-7-5/h5-10,13-16,19-22,35-36H,1-4,11-12,17-18,23-26H2,(H,45,46)(H,47,48);2-16H,17-18H2,1H3;5,7H,1-4H2,(H,8,9)/t35-,36-;;5-/m0.0/s1. The molecule has 0 amide bonds. The summed E-state index contributed by atoms with van der Waals surface area (Å²) in [5, 5.41) is 30.6. The van der Waals surface area contributed by atoms with Gasteiger partial charge in [0.25, 0.3) is 0 Å². The number of benzene rings is 8. The maximum Gasteiger partial charge on any atom is 0.320 e. The Labute approximate surface area is 576 Å². The van der Waals surface area contributed by atoms with Gasteiger partial charge in [-0.2, -0.15) is 0 Å². The number of likely N-dealkylation sites (tertiary alicyclic amines) is 2. The number of piperidine rings is 3. The number of methoxy groups -OCH3 is 1. The highest BCUT2D eigenvalue weighted by molar-refractivity contribution is 9.11. The molecule has 0 aromatic heterocycles. The van der Waals surface area contributed by atoms with Gasteiger partial charge in [-0.15, -0.1) is 0 Å². The molecule has 0 saturated carbocycles. The smallest absolute Gasteiger partial charge is 0.320 e. The number of nitrogens with one attached hydrogen (secondary N) is 1. The molecule has 3 saturated heterocycles. The van der Waals surface area contributed by atoms with Crippen molar-refractivity contribution in [2.75, 3.05) is 26.7 Å². The van der Waals surface area contributed by atoms with Crippen LogP contribution in [0.4, 0.5) is 0 Å². The number of carboxylic acids is 3. The lowest BCUT2D eigenvalue weighted by molar-refractivity contribution is -0.145. The van der Waals surface area contributed by atoms with Gasteiger partial charge in [0.1, 0.15) is 79.6 Å². The molecule has 0 radical (unpaired) electrons. The molecule has 93 heavy (non-hydrogen) atoms. The Morgan fingerprint density at radius 2 is 0.839 bits per heavy atom. The summed E-state index contributed by atoms with van der Waals surface area (Å²) in [6, 6.07) is 54.9. The number of carbonyl (C=O) groups is 4. The van der Waals surface area contributed by atoms with Crippen LogP contribution in [0.15, 0.2) is 188 Å². The van der Waals surface area contributed by atoms with Gasteiger partial charge < -0.3 is 44.3 Å². The van der Waals surface area contributed by atoms with E-state index in [1.165, 1.54) is 0 Å². The molecule has 19 heteroatoms. The lowest BCUT2D eigenvalue weighted by Gasteiger charge is -2.32. The number of aldehydes is 1. The fraction of sp³-hybridized carbons (Fsp3) is 0.297. The van der Waals surface area contributed by atoms with Crippen molar-refractivity contribution < 1.29 is 58.2 Å².